The monoisotopic (exact) mass is 634 g/mol. The van der Waals surface area contributed by atoms with Gasteiger partial charge in [0.15, 0.2) is 0 Å². The summed E-state index contributed by atoms with van der Waals surface area (Å²) >= 11 is 0. The van der Waals surface area contributed by atoms with E-state index in [1.54, 1.807) is 6.92 Å². The molecule has 1 fully saturated rings. The molecule has 5 rings (SSSR count). The normalized spacial score (nSPS) is 16.7. The fraction of sp³-hybridized carbons (Fsp3) is 0.361. The molecule has 1 aliphatic heterocycles. The van der Waals surface area contributed by atoms with E-state index in [-0.39, 0.29) is 30.0 Å². The van der Waals surface area contributed by atoms with Gasteiger partial charge in [0.1, 0.15) is 16.9 Å². The third-order valence-electron chi connectivity index (χ3n) is 8.35. The molecule has 0 bridgehead atoms. The first-order chi connectivity index (χ1) is 22.0. The molecule has 1 unspecified atom stereocenters. The summed E-state index contributed by atoms with van der Waals surface area (Å²) in [4.78, 5) is 39.7. The maximum atomic E-state index is 13.9. The molecule has 0 radical (unpaired) electrons. The minimum absolute atomic E-state index is 0.105. The van der Waals surface area contributed by atoms with Gasteiger partial charge in [0.2, 0.25) is 0 Å². The molecule has 46 heavy (non-hydrogen) atoms. The number of halogens is 3. The van der Waals surface area contributed by atoms with E-state index in [9.17, 15) is 27.6 Å². The molecule has 0 spiro atoms. The zero-order valence-electron chi connectivity index (χ0n) is 26.1. The van der Waals surface area contributed by atoms with E-state index in [4.69, 9.17) is 9.15 Å². The second kappa shape index (κ2) is 13.4. The number of amides is 3. The number of hydrogen-bond acceptors (Lipinski definition) is 5. The zero-order valence-corrected chi connectivity index (χ0v) is 26.1. The number of nitrogens with one attached hydrogen (secondary N) is 1. The Morgan fingerprint density at radius 3 is 2.22 bits per heavy atom. The quantitative estimate of drug-likeness (QED) is 0.0969. The lowest BCUT2D eigenvalue weighted by atomic mass is 9.90. The number of alkyl halides is 3. The van der Waals surface area contributed by atoms with E-state index in [0.29, 0.717) is 67.0 Å². The summed E-state index contributed by atoms with van der Waals surface area (Å²) in [5, 5.41) is 2.69. The molecular formula is C36H37F3N2O5. The van der Waals surface area contributed by atoms with E-state index < -0.39 is 28.9 Å². The Morgan fingerprint density at radius 2 is 1.57 bits per heavy atom. The van der Waals surface area contributed by atoms with E-state index in [2.05, 4.69) is 5.32 Å². The third kappa shape index (κ3) is 6.52. The molecule has 1 N–H and O–H groups in total. The van der Waals surface area contributed by atoms with Crippen LogP contribution < -0.4 is 15.7 Å². The maximum Gasteiger partial charge on any atom is 0.417 e. The van der Waals surface area contributed by atoms with E-state index >= 15 is 0 Å². The molecule has 242 valence electrons. The van der Waals surface area contributed by atoms with Crippen molar-refractivity contribution in [3.05, 3.63) is 99.4 Å². The van der Waals surface area contributed by atoms with Gasteiger partial charge in [-0.3, -0.25) is 9.69 Å². The molecule has 10 heteroatoms. The van der Waals surface area contributed by atoms with Crippen molar-refractivity contribution >= 4 is 22.9 Å². The van der Waals surface area contributed by atoms with Crippen LogP contribution in [-0.4, -0.2) is 30.0 Å². The first-order valence-electron chi connectivity index (χ1n) is 15.6. The minimum atomic E-state index is -4.72. The predicted octanol–water partition coefficient (Wildman–Crippen LogP) is 8.01. The Hall–Kier alpha value is -4.60. The number of rotatable bonds is 12. The highest BCUT2D eigenvalue weighted by molar-refractivity contribution is 6.07. The van der Waals surface area contributed by atoms with Gasteiger partial charge in [-0.05, 0) is 60.9 Å². The van der Waals surface area contributed by atoms with Crippen molar-refractivity contribution in [3.8, 4) is 16.9 Å². The summed E-state index contributed by atoms with van der Waals surface area (Å²) in [6.07, 6.45) is -1.68. The van der Waals surface area contributed by atoms with Crippen molar-refractivity contribution < 1.29 is 31.9 Å². The smallest absolute Gasteiger partial charge is 0.417 e. The zero-order chi connectivity index (χ0) is 33.1. The summed E-state index contributed by atoms with van der Waals surface area (Å²) in [6, 6.07) is 18.9. The van der Waals surface area contributed by atoms with Gasteiger partial charge in [-0.25, -0.2) is 9.59 Å². The summed E-state index contributed by atoms with van der Waals surface area (Å²) in [7, 11) is 0. The van der Waals surface area contributed by atoms with Gasteiger partial charge in [-0.2, -0.15) is 13.2 Å². The van der Waals surface area contributed by atoms with Crippen molar-refractivity contribution in [2.75, 3.05) is 13.2 Å². The molecule has 3 aromatic carbocycles. The maximum absolute atomic E-state index is 13.9. The van der Waals surface area contributed by atoms with Gasteiger partial charge in [0.05, 0.1) is 12.2 Å². The number of carbonyl (C=O) groups is 2. The van der Waals surface area contributed by atoms with Crippen molar-refractivity contribution in [2.45, 2.75) is 71.0 Å². The van der Waals surface area contributed by atoms with Gasteiger partial charge < -0.3 is 14.5 Å². The van der Waals surface area contributed by atoms with Crippen LogP contribution in [0.3, 0.4) is 0 Å². The molecule has 1 saturated heterocycles. The Bertz CT molecular complexity index is 1780. The number of benzene rings is 3. The van der Waals surface area contributed by atoms with Crippen LogP contribution in [0.2, 0.25) is 0 Å². The lowest BCUT2D eigenvalue weighted by Gasteiger charge is -2.22. The van der Waals surface area contributed by atoms with Gasteiger partial charge in [-0.15, -0.1) is 0 Å². The number of imide groups is 1. The molecule has 1 aromatic heterocycles. The van der Waals surface area contributed by atoms with E-state index in [0.717, 1.165) is 11.1 Å². The largest absolute Gasteiger partial charge is 0.493 e. The average Bonchev–Trinajstić information content (AvgIpc) is 3.25. The number of urea groups is 1. The molecule has 7 nitrogen and oxygen atoms in total. The Balaban J connectivity index is 1.28. The van der Waals surface area contributed by atoms with Crippen molar-refractivity contribution in [2.24, 2.45) is 0 Å². The number of aryl methyl sites for hydroxylation is 2. The van der Waals surface area contributed by atoms with E-state index in [1.165, 1.54) is 11.0 Å². The van der Waals surface area contributed by atoms with Crippen LogP contribution in [-0.2, 0) is 29.4 Å². The molecule has 0 aliphatic carbocycles. The predicted molar refractivity (Wildman–Crippen MR) is 170 cm³/mol. The van der Waals surface area contributed by atoms with Crippen LogP contribution in [0.4, 0.5) is 18.0 Å². The van der Waals surface area contributed by atoms with Crippen LogP contribution in [0.1, 0.15) is 68.7 Å². The van der Waals surface area contributed by atoms with Crippen LogP contribution in [0, 0.1) is 0 Å². The molecule has 1 atom stereocenters. The van der Waals surface area contributed by atoms with Crippen LogP contribution in [0.5, 0.6) is 5.75 Å². The first kappa shape index (κ1) is 32.8. The lowest BCUT2D eigenvalue weighted by molar-refractivity contribution is -0.136. The van der Waals surface area contributed by atoms with Gasteiger partial charge in [0, 0.05) is 23.6 Å². The van der Waals surface area contributed by atoms with Gasteiger partial charge in [-0.1, -0.05) is 81.3 Å². The highest BCUT2D eigenvalue weighted by Crippen LogP contribution is 2.40. The number of carbonyl (C=O) groups excluding carboxylic acids is 2. The molecular weight excluding hydrogens is 597 g/mol. The molecule has 1 aliphatic rings. The van der Waals surface area contributed by atoms with Crippen LogP contribution in [0.25, 0.3) is 22.1 Å². The summed E-state index contributed by atoms with van der Waals surface area (Å²) in [5.41, 5.74) is 0.388. The van der Waals surface area contributed by atoms with Crippen molar-refractivity contribution in [1.82, 2.24) is 10.2 Å². The highest BCUT2D eigenvalue weighted by atomic mass is 19.4. The van der Waals surface area contributed by atoms with Crippen molar-refractivity contribution in [3.63, 3.8) is 0 Å². The number of fused-ring (bicyclic) bond motifs is 1. The topological polar surface area (TPSA) is 88.8 Å². The fourth-order valence-corrected chi connectivity index (χ4v) is 6.02. The minimum Gasteiger partial charge on any atom is -0.493 e. The van der Waals surface area contributed by atoms with Gasteiger partial charge in [0.25, 0.3) is 5.91 Å². The van der Waals surface area contributed by atoms with Crippen LogP contribution in [0.15, 0.2) is 75.9 Å². The number of nitrogens with zero attached hydrogens (tertiary/aromatic N) is 1. The summed E-state index contributed by atoms with van der Waals surface area (Å²) < 4.78 is 53.1. The standard InChI is InChI=1S/C36H37F3N2O5/c1-4-11-25-21-28-29(36(37,38)39)22-30(42)46-32(28)27(12-5-2)31(25)45-20-10-9-19-41-33(43)35(3,40-34(41)44)26-17-15-24(16-18-26)23-13-7-6-8-14-23/h6-8,13-18,21-22H,4-5,9-12,19-20H2,1-3H3,(H,40,44). The number of unbranched alkanes of at least 4 members (excludes halogenated alkanes) is 1. The second-order valence-electron chi connectivity index (χ2n) is 11.7. The van der Waals surface area contributed by atoms with Crippen molar-refractivity contribution in [1.29, 1.82) is 0 Å². The highest BCUT2D eigenvalue weighted by Gasteiger charge is 2.48. The van der Waals surface area contributed by atoms with Crippen LogP contribution >= 0.6 is 0 Å². The Kier molecular flexibility index (Phi) is 9.55. The summed E-state index contributed by atoms with van der Waals surface area (Å²) in [6.45, 7) is 5.88. The summed E-state index contributed by atoms with van der Waals surface area (Å²) in [5.74, 6) is 0.0894. The first-order valence-corrected chi connectivity index (χ1v) is 15.6. The second-order valence-corrected chi connectivity index (χ2v) is 11.7. The lowest BCUT2D eigenvalue weighted by Crippen LogP contribution is -2.41. The molecule has 0 saturated carbocycles. The SMILES string of the molecule is CCCc1cc2c(C(F)(F)F)cc(=O)oc2c(CCC)c1OCCCCN1C(=O)NC(C)(c2ccc(-c3ccccc3)cc2)C1=O. The molecule has 2 heterocycles. The fourth-order valence-electron chi connectivity index (χ4n) is 6.02. The molecule has 4 aromatic rings. The molecule has 3 amide bonds. The Labute approximate surface area is 265 Å². The third-order valence-corrected chi connectivity index (χ3v) is 8.35. The number of ether oxygens (including phenoxy) is 1. The Morgan fingerprint density at radius 1 is 0.891 bits per heavy atom. The van der Waals surface area contributed by atoms with E-state index in [1.807, 2.05) is 68.4 Å². The number of hydrogen-bond donors (Lipinski definition) is 1. The average molecular weight is 635 g/mol. The van der Waals surface area contributed by atoms with Gasteiger partial charge >= 0.3 is 17.8 Å².